The zero-order valence-corrected chi connectivity index (χ0v) is 12.8. The minimum atomic E-state index is 0.392. The maximum Gasteiger partial charge on any atom is 0.0369 e. The highest BCUT2D eigenvalue weighted by atomic mass is 15.1. The Balaban J connectivity index is 1.65. The van der Waals surface area contributed by atoms with Gasteiger partial charge in [0.25, 0.3) is 0 Å². The summed E-state index contributed by atoms with van der Waals surface area (Å²) in [6.07, 6.45) is 8.90. The molecule has 0 radical (unpaired) electrons. The average molecular weight is 272 g/mol. The zero-order chi connectivity index (χ0) is 13.9. The van der Waals surface area contributed by atoms with E-state index in [-0.39, 0.29) is 0 Å². The maximum atomic E-state index is 6.11. The first kappa shape index (κ1) is 13.9. The van der Waals surface area contributed by atoms with Crippen LogP contribution in [0.5, 0.6) is 0 Å². The topological polar surface area (TPSA) is 29.3 Å². The Kier molecular flexibility index (Phi) is 4.30. The van der Waals surface area contributed by atoms with Crippen molar-refractivity contribution in [3.05, 3.63) is 29.3 Å². The molecule has 1 heterocycles. The van der Waals surface area contributed by atoms with Crippen LogP contribution in [0.25, 0.3) is 0 Å². The van der Waals surface area contributed by atoms with Crippen LogP contribution >= 0.6 is 0 Å². The summed E-state index contributed by atoms with van der Waals surface area (Å²) >= 11 is 0. The Morgan fingerprint density at radius 3 is 2.85 bits per heavy atom. The van der Waals surface area contributed by atoms with E-state index < -0.39 is 0 Å². The van der Waals surface area contributed by atoms with Crippen LogP contribution in [0, 0.1) is 5.92 Å². The van der Waals surface area contributed by atoms with Gasteiger partial charge in [0.15, 0.2) is 0 Å². The lowest BCUT2D eigenvalue weighted by Gasteiger charge is -2.23. The van der Waals surface area contributed by atoms with Crippen LogP contribution in [0.3, 0.4) is 0 Å². The van der Waals surface area contributed by atoms with Gasteiger partial charge in [-0.1, -0.05) is 13.0 Å². The largest absolute Gasteiger partial charge is 0.371 e. The molecule has 3 rings (SSSR count). The third-order valence-corrected chi connectivity index (χ3v) is 5.14. The number of anilines is 1. The van der Waals surface area contributed by atoms with Crippen molar-refractivity contribution in [1.82, 2.24) is 0 Å². The molecule has 0 bridgehead atoms. The molecule has 1 aliphatic carbocycles. The number of rotatable bonds is 4. The third kappa shape index (κ3) is 3.01. The van der Waals surface area contributed by atoms with Gasteiger partial charge in [0.05, 0.1) is 0 Å². The fourth-order valence-corrected chi connectivity index (χ4v) is 3.77. The number of fused-ring (bicyclic) bond motifs is 1. The van der Waals surface area contributed by atoms with Gasteiger partial charge >= 0.3 is 0 Å². The minimum Gasteiger partial charge on any atom is -0.371 e. The molecule has 2 atom stereocenters. The highest BCUT2D eigenvalue weighted by Crippen LogP contribution is 2.30. The van der Waals surface area contributed by atoms with Crippen molar-refractivity contribution in [1.29, 1.82) is 0 Å². The molecule has 2 heteroatoms. The Morgan fingerprint density at radius 2 is 2.05 bits per heavy atom. The summed E-state index contributed by atoms with van der Waals surface area (Å²) in [6, 6.07) is 7.56. The molecule has 1 aromatic rings. The van der Waals surface area contributed by atoms with Crippen LogP contribution in [0.1, 0.15) is 50.2 Å². The Hall–Kier alpha value is -1.02. The third-order valence-electron chi connectivity index (χ3n) is 5.14. The van der Waals surface area contributed by atoms with E-state index in [1.54, 1.807) is 11.1 Å². The van der Waals surface area contributed by atoms with Gasteiger partial charge in [-0.15, -0.1) is 0 Å². The molecule has 0 aromatic heterocycles. The second-order valence-corrected chi connectivity index (χ2v) is 6.66. The van der Waals surface area contributed by atoms with Gasteiger partial charge in [-0.05, 0) is 74.1 Å². The molecular formula is C18H28N2. The van der Waals surface area contributed by atoms with Gasteiger partial charge < -0.3 is 10.6 Å². The van der Waals surface area contributed by atoms with Crippen molar-refractivity contribution in [3.63, 3.8) is 0 Å². The molecule has 0 saturated carbocycles. The Morgan fingerprint density at radius 1 is 1.25 bits per heavy atom. The number of nitrogens with zero attached hydrogens (tertiary/aromatic N) is 1. The number of aryl methyl sites for hydroxylation is 2. The molecule has 1 aromatic carbocycles. The first-order valence-corrected chi connectivity index (χ1v) is 8.38. The molecular weight excluding hydrogens is 244 g/mol. The quantitative estimate of drug-likeness (QED) is 0.908. The standard InChI is InChI=1S/C18H28N2/c1-2-17(19)11-14-9-10-20(13-14)18-8-7-15-5-3-4-6-16(15)12-18/h7-8,12,14,17H,2-6,9-11,13,19H2,1H3. The number of hydrogen-bond acceptors (Lipinski definition) is 2. The van der Waals surface area contributed by atoms with E-state index in [4.69, 9.17) is 5.73 Å². The minimum absolute atomic E-state index is 0.392. The molecule has 2 N–H and O–H groups in total. The highest BCUT2D eigenvalue weighted by Gasteiger charge is 2.24. The van der Waals surface area contributed by atoms with Crippen LogP contribution in [-0.4, -0.2) is 19.1 Å². The van der Waals surface area contributed by atoms with Crippen LogP contribution < -0.4 is 10.6 Å². The highest BCUT2D eigenvalue weighted by molar-refractivity contribution is 5.52. The lowest BCUT2D eigenvalue weighted by Crippen LogP contribution is -2.25. The van der Waals surface area contributed by atoms with Crippen molar-refractivity contribution in [3.8, 4) is 0 Å². The van der Waals surface area contributed by atoms with Crippen molar-refractivity contribution in [2.24, 2.45) is 11.7 Å². The molecule has 0 spiro atoms. The normalized spacial score (nSPS) is 23.7. The van der Waals surface area contributed by atoms with Gasteiger partial charge in [0.2, 0.25) is 0 Å². The van der Waals surface area contributed by atoms with Gasteiger partial charge in [-0.3, -0.25) is 0 Å². The summed E-state index contributed by atoms with van der Waals surface area (Å²) in [5.74, 6) is 0.793. The molecule has 2 unspecified atom stereocenters. The fraction of sp³-hybridized carbons (Fsp3) is 0.667. The summed E-state index contributed by atoms with van der Waals surface area (Å²) in [4.78, 5) is 2.57. The number of benzene rings is 1. The van der Waals surface area contributed by atoms with E-state index in [0.29, 0.717) is 6.04 Å². The van der Waals surface area contributed by atoms with Crippen molar-refractivity contribution in [2.75, 3.05) is 18.0 Å². The van der Waals surface area contributed by atoms with Gasteiger partial charge in [0, 0.05) is 24.8 Å². The summed E-state index contributed by atoms with van der Waals surface area (Å²) in [5.41, 5.74) is 10.7. The Labute approximate surface area is 123 Å². The maximum absolute atomic E-state index is 6.11. The molecule has 110 valence electrons. The van der Waals surface area contributed by atoms with Gasteiger partial charge in [0.1, 0.15) is 0 Å². The monoisotopic (exact) mass is 272 g/mol. The van der Waals surface area contributed by atoms with E-state index in [9.17, 15) is 0 Å². The van der Waals surface area contributed by atoms with Crippen molar-refractivity contribution in [2.45, 2.75) is 57.9 Å². The SMILES string of the molecule is CCC(N)CC1CCN(c2ccc3c(c2)CCCC3)C1. The number of hydrogen-bond donors (Lipinski definition) is 1. The van der Waals surface area contributed by atoms with E-state index in [2.05, 4.69) is 30.0 Å². The first-order chi connectivity index (χ1) is 9.76. The fourth-order valence-electron chi connectivity index (χ4n) is 3.77. The van der Waals surface area contributed by atoms with Crippen LogP contribution in [-0.2, 0) is 12.8 Å². The van der Waals surface area contributed by atoms with E-state index in [0.717, 1.165) is 12.3 Å². The smallest absolute Gasteiger partial charge is 0.0369 e. The lowest BCUT2D eigenvalue weighted by molar-refractivity contribution is 0.458. The predicted octanol–water partition coefficient (Wildman–Crippen LogP) is 3.52. The van der Waals surface area contributed by atoms with E-state index >= 15 is 0 Å². The van der Waals surface area contributed by atoms with Crippen LogP contribution in [0.4, 0.5) is 5.69 Å². The average Bonchev–Trinajstić information content (AvgIpc) is 2.95. The molecule has 2 nitrogen and oxygen atoms in total. The molecule has 2 aliphatic rings. The molecule has 1 aliphatic heterocycles. The summed E-state index contributed by atoms with van der Waals surface area (Å²) in [7, 11) is 0. The van der Waals surface area contributed by atoms with Crippen molar-refractivity contribution < 1.29 is 0 Å². The number of nitrogens with two attached hydrogens (primary N) is 1. The lowest BCUT2D eigenvalue weighted by atomic mass is 9.91. The Bertz CT molecular complexity index is 455. The van der Waals surface area contributed by atoms with E-state index in [1.165, 1.54) is 57.3 Å². The second kappa shape index (κ2) is 6.17. The van der Waals surface area contributed by atoms with Crippen LogP contribution in [0.15, 0.2) is 18.2 Å². The first-order valence-electron chi connectivity index (χ1n) is 8.38. The summed E-state index contributed by atoms with van der Waals surface area (Å²) in [5, 5.41) is 0. The summed E-state index contributed by atoms with van der Waals surface area (Å²) < 4.78 is 0. The van der Waals surface area contributed by atoms with Crippen LogP contribution in [0.2, 0.25) is 0 Å². The van der Waals surface area contributed by atoms with E-state index in [1.807, 2.05) is 0 Å². The molecule has 0 amide bonds. The predicted molar refractivity (Wildman–Crippen MR) is 86.3 cm³/mol. The summed E-state index contributed by atoms with van der Waals surface area (Å²) in [6.45, 7) is 4.60. The second-order valence-electron chi connectivity index (χ2n) is 6.66. The molecule has 1 saturated heterocycles. The van der Waals surface area contributed by atoms with Crippen molar-refractivity contribution >= 4 is 5.69 Å². The zero-order valence-electron chi connectivity index (χ0n) is 12.8. The van der Waals surface area contributed by atoms with Gasteiger partial charge in [-0.2, -0.15) is 0 Å². The van der Waals surface area contributed by atoms with Gasteiger partial charge in [-0.25, -0.2) is 0 Å². The molecule has 20 heavy (non-hydrogen) atoms. The molecule has 1 fully saturated rings.